The fourth-order valence-corrected chi connectivity index (χ4v) is 1.59. The molecule has 0 heterocycles. The summed E-state index contributed by atoms with van der Waals surface area (Å²) in [4.78, 5) is 6.36. The van der Waals surface area contributed by atoms with E-state index in [9.17, 15) is 0 Å². The number of nitrogens with two attached hydrogens (primary N) is 1. The first-order valence-corrected chi connectivity index (χ1v) is 6.15. The molecule has 0 radical (unpaired) electrons. The number of guanidine groups is 1. The number of halogens is 1. The van der Waals surface area contributed by atoms with Crippen LogP contribution in [0.4, 0.5) is 0 Å². The molecule has 5 heteroatoms. The molecule has 0 bridgehead atoms. The quantitative estimate of drug-likeness (QED) is 0.253. The Morgan fingerprint density at radius 1 is 1.47 bits per heavy atom. The zero-order chi connectivity index (χ0) is 10.8. The van der Waals surface area contributed by atoms with Gasteiger partial charge in [-0.2, -0.15) is 11.8 Å². The molecule has 0 fully saturated rings. The third-order valence-electron chi connectivity index (χ3n) is 1.83. The van der Waals surface area contributed by atoms with E-state index < -0.39 is 0 Å². The molecule has 2 N–H and O–H groups in total. The highest BCUT2D eigenvalue weighted by Crippen LogP contribution is 1.98. The van der Waals surface area contributed by atoms with E-state index in [2.05, 4.69) is 30.3 Å². The van der Waals surface area contributed by atoms with E-state index in [0.29, 0.717) is 5.96 Å². The summed E-state index contributed by atoms with van der Waals surface area (Å²) in [5.74, 6) is 2.66. The molecule has 0 saturated carbocycles. The molecule has 0 saturated heterocycles. The van der Waals surface area contributed by atoms with Crippen molar-refractivity contribution in [3.8, 4) is 0 Å². The molecule has 0 amide bonds. The van der Waals surface area contributed by atoms with E-state index in [-0.39, 0.29) is 24.0 Å². The van der Waals surface area contributed by atoms with Crippen LogP contribution in [0.2, 0.25) is 0 Å². The second kappa shape index (κ2) is 12.2. The van der Waals surface area contributed by atoms with Gasteiger partial charge in [0.05, 0.1) is 6.54 Å². The fourth-order valence-electron chi connectivity index (χ4n) is 1.04. The molecule has 90 valence electrons. The maximum absolute atomic E-state index is 5.80. The Morgan fingerprint density at radius 3 is 2.53 bits per heavy atom. The first kappa shape index (κ1) is 17.5. The third-order valence-corrected chi connectivity index (χ3v) is 2.78. The van der Waals surface area contributed by atoms with Gasteiger partial charge in [-0.1, -0.05) is 6.08 Å². The smallest absolute Gasteiger partial charge is 0.191 e. The van der Waals surface area contributed by atoms with E-state index in [4.69, 9.17) is 5.73 Å². The Labute approximate surface area is 115 Å². The minimum absolute atomic E-state index is 0. The van der Waals surface area contributed by atoms with Crippen LogP contribution in [0.1, 0.15) is 13.8 Å². The van der Waals surface area contributed by atoms with Gasteiger partial charge < -0.3 is 10.6 Å². The van der Waals surface area contributed by atoms with E-state index in [1.165, 1.54) is 0 Å². The van der Waals surface area contributed by atoms with Gasteiger partial charge in [0.25, 0.3) is 0 Å². The first-order valence-electron chi connectivity index (χ1n) is 4.99. The van der Waals surface area contributed by atoms with Gasteiger partial charge in [0.1, 0.15) is 0 Å². The standard InChI is InChI=1S/C10H21N3S.HI/c1-4-8-14-9-7-12-10(11)13(5-2)6-3;/h4H,1,5-9H2,2-3H3,(H2,11,12);1H. The number of rotatable bonds is 7. The van der Waals surface area contributed by atoms with Crippen LogP contribution in [0.15, 0.2) is 17.6 Å². The number of nitrogens with zero attached hydrogens (tertiary/aromatic N) is 2. The summed E-state index contributed by atoms with van der Waals surface area (Å²) in [6, 6.07) is 0. The molecule has 0 aliphatic rings. The molecule has 3 nitrogen and oxygen atoms in total. The zero-order valence-electron chi connectivity index (χ0n) is 9.61. The van der Waals surface area contributed by atoms with Crippen molar-refractivity contribution in [1.29, 1.82) is 0 Å². The highest BCUT2D eigenvalue weighted by Gasteiger charge is 2.00. The maximum atomic E-state index is 5.80. The van der Waals surface area contributed by atoms with Crippen LogP contribution in [0.3, 0.4) is 0 Å². The van der Waals surface area contributed by atoms with Gasteiger partial charge in [-0.05, 0) is 13.8 Å². The van der Waals surface area contributed by atoms with Crippen LogP contribution in [0.5, 0.6) is 0 Å². The number of aliphatic imine (C=N–C) groups is 1. The lowest BCUT2D eigenvalue weighted by Gasteiger charge is -2.19. The number of hydrogen-bond acceptors (Lipinski definition) is 2. The van der Waals surface area contributed by atoms with Crippen molar-refractivity contribution in [1.82, 2.24) is 4.90 Å². The lowest BCUT2D eigenvalue weighted by atomic mass is 10.5. The van der Waals surface area contributed by atoms with Crippen LogP contribution in [-0.2, 0) is 0 Å². The summed E-state index contributed by atoms with van der Waals surface area (Å²) in [5, 5.41) is 0. The number of hydrogen-bond donors (Lipinski definition) is 1. The van der Waals surface area contributed by atoms with Gasteiger partial charge >= 0.3 is 0 Å². The summed E-state index contributed by atoms with van der Waals surface area (Å²) >= 11 is 1.82. The molecule has 0 spiro atoms. The minimum atomic E-state index is 0. The lowest BCUT2D eigenvalue weighted by Crippen LogP contribution is -2.37. The van der Waals surface area contributed by atoms with Gasteiger partial charge in [-0.3, -0.25) is 4.99 Å². The second-order valence-electron chi connectivity index (χ2n) is 2.78. The second-order valence-corrected chi connectivity index (χ2v) is 3.93. The number of thioether (sulfide) groups is 1. The van der Waals surface area contributed by atoms with E-state index in [1.807, 2.05) is 17.8 Å². The lowest BCUT2D eigenvalue weighted by molar-refractivity contribution is 0.458. The molecule has 0 aliphatic heterocycles. The average Bonchev–Trinajstić information content (AvgIpc) is 2.19. The Balaban J connectivity index is 0. The molecular formula is C10H22IN3S. The average molecular weight is 343 g/mol. The molecular weight excluding hydrogens is 321 g/mol. The van der Waals surface area contributed by atoms with Crippen molar-refractivity contribution in [3.05, 3.63) is 12.7 Å². The van der Waals surface area contributed by atoms with Crippen LogP contribution < -0.4 is 5.73 Å². The first-order chi connectivity index (χ1) is 6.76. The van der Waals surface area contributed by atoms with Crippen molar-refractivity contribution < 1.29 is 0 Å². The predicted molar refractivity (Wildman–Crippen MR) is 82.3 cm³/mol. The minimum Gasteiger partial charge on any atom is -0.370 e. The summed E-state index contributed by atoms with van der Waals surface area (Å²) < 4.78 is 0. The van der Waals surface area contributed by atoms with E-state index >= 15 is 0 Å². The summed E-state index contributed by atoms with van der Waals surface area (Å²) in [5.41, 5.74) is 5.80. The van der Waals surface area contributed by atoms with Crippen molar-refractivity contribution in [2.45, 2.75) is 13.8 Å². The predicted octanol–water partition coefficient (Wildman–Crippen LogP) is 2.18. The molecule has 0 aromatic carbocycles. The Kier molecular flexibility index (Phi) is 14.2. The van der Waals surface area contributed by atoms with Crippen molar-refractivity contribution in [2.24, 2.45) is 10.7 Å². The molecule has 0 atom stereocenters. The highest BCUT2D eigenvalue weighted by atomic mass is 127. The topological polar surface area (TPSA) is 41.6 Å². The van der Waals surface area contributed by atoms with Crippen molar-refractivity contribution in [2.75, 3.05) is 31.1 Å². The Hall–Kier alpha value is 0.0900. The molecule has 0 aromatic rings. The zero-order valence-corrected chi connectivity index (χ0v) is 12.8. The van der Waals surface area contributed by atoms with Gasteiger partial charge in [0.15, 0.2) is 5.96 Å². The monoisotopic (exact) mass is 343 g/mol. The fraction of sp³-hybridized carbons (Fsp3) is 0.700. The third kappa shape index (κ3) is 9.04. The SMILES string of the molecule is C=CCSCCN=C(N)N(CC)CC.I. The van der Waals surface area contributed by atoms with E-state index in [1.54, 1.807) is 0 Å². The van der Waals surface area contributed by atoms with Crippen LogP contribution in [0.25, 0.3) is 0 Å². The summed E-state index contributed by atoms with van der Waals surface area (Å²) in [6.07, 6.45) is 1.90. The largest absolute Gasteiger partial charge is 0.370 e. The van der Waals surface area contributed by atoms with Crippen molar-refractivity contribution in [3.63, 3.8) is 0 Å². The normalized spacial score (nSPS) is 10.7. The van der Waals surface area contributed by atoms with Crippen LogP contribution >= 0.6 is 35.7 Å². The molecule has 0 aromatic heterocycles. The Bertz CT molecular complexity index is 182. The highest BCUT2D eigenvalue weighted by molar-refractivity contribution is 14.0. The van der Waals surface area contributed by atoms with Crippen LogP contribution in [0, 0.1) is 0 Å². The van der Waals surface area contributed by atoms with Crippen molar-refractivity contribution >= 4 is 41.7 Å². The van der Waals surface area contributed by atoms with E-state index in [0.717, 1.165) is 31.1 Å². The summed E-state index contributed by atoms with van der Waals surface area (Å²) in [7, 11) is 0. The van der Waals surface area contributed by atoms with Gasteiger partial charge in [-0.25, -0.2) is 0 Å². The van der Waals surface area contributed by atoms with Gasteiger partial charge in [0, 0.05) is 24.6 Å². The molecule has 0 rings (SSSR count). The van der Waals surface area contributed by atoms with Crippen LogP contribution in [-0.4, -0.2) is 42.0 Å². The summed E-state index contributed by atoms with van der Waals surface area (Å²) in [6.45, 7) is 10.5. The van der Waals surface area contributed by atoms with Gasteiger partial charge in [0.2, 0.25) is 0 Å². The molecule has 15 heavy (non-hydrogen) atoms. The maximum Gasteiger partial charge on any atom is 0.191 e. The molecule has 0 aliphatic carbocycles. The molecule has 0 unspecified atom stereocenters. The Morgan fingerprint density at radius 2 is 2.07 bits per heavy atom. The van der Waals surface area contributed by atoms with Gasteiger partial charge in [-0.15, -0.1) is 30.6 Å².